The summed E-state index contributed by atoms with van der Waals surface area (Å²) < 4.78 is 9.78. The van der Waals surface area contributed by atoms with E-state index >= 15 is 0 Å². The van der Waals surface area contributed by atoms with Gasteiger partial charge in [-0.2, -0.15) is 11.8 Å². The van der Waals surface area contributed by atoms with Crippen molar-refractivity contribution in [1.82, 2.24) is 0 Å². The number of ether oxygens (including phenoxy) is 2. The van der Waals surface area contributed by atoms with Gasteiger partial charge in [0.25, 0.3) is 0 Å². The predicted molar refractivity (Wildman–Crippen MR) is 52.8 cm³/mol. The van der Waals surface area contributed by atoms with E-state index in [4.69, 9.17) is 9.47 Å². The Labute approximate surface area is 83.2 Å². The smallest absolute Gasteiger partial charge is 0.311 e. The Bertz CT molecular complexity index is 166. The van der Waals surface area contributed by atoms with E-state index in [2.05, 4.69) is 0 Å². The Kier molecular flexibility index (Phi) is 4.59. The van der Waals surface area contributed by atoms with Crippen LogP contribution in [0, 0.1) is 11.8 Å². The highest BCUT2D eigenvalue weighted by Gasteiger charge is 2.31. The molecule has 4 heteroatoms. The number of methoxy groups -OCH3 is 2. The van der Waals surface area contributed by atoms with Crippen molar-refractivity contribution in [2.24, 2.45) is 11.8 Å². The zero-order chi connectivity index (χ0) is 9.68. The summed E-state index contributed by atoms with van der Waals surface area (Å²) >= 11 is 1.90. The highest BCUT2D eigenvalue weighted by atomic mass is 32.2. The van der Waals surface area contributed by atoms with E-state index in [1.165, 1.54) is 7.11 Å². The molecule has 0 radical (unpaired) electrons. The fraction of sp³-hybridized carbons (Fsp3) is 0.889. The summed E-state index contributed by atoms with van der Waals surface area (Å²) in [4.78, 5) is 11.4. The summed E-state index contributed by atoms with van der Waals surface area (Å²) in [6.45, 7) is 0.484. The van der Waals surface area contributed by atoms with Gasteiger partial charge in [0.05, 0.1) is 19.6 Å². The maximum Gasteiger partial charge on any atom is 0.311 e. The van der Waals surface area contributed by atoms with Crippen LogP contribution in [0.1, 0.15) is 6.42 Å². The van der Waals surface area contributed by atoms with Crippen LogP contribution in [0.3, 0.4) is 0 Å². The number of esters is 1. The maximum atomic E-state index is 11.4. The molecule has 0 saturated carbocycles. The van der Waals surface area contributed by atoms with Crippen LogP contribution < -0.4 is 0 Å². The fourth-order valence-corrected chi connectivity index (χ4v) is 2.94. The van der Waals surface area contributed by atoms with Crippen molar-refractivity contribution >= 4 is 17.7 Å². The van der Waals surface area contributed by atoms with Gasteiger partial charge in [0.1, 0.15) is 0 Å². The molecule has 1 aliphatic rings. The summed E-state index contributed by atoms with van der Waals surface area (Å²) in [5.74, 6) is 2.46. The molecular formula is C9H16O3S. The van der Waals surface area contributed by atoms with Crippen LogP contribution >= 0.6 is 11.8 Å². The van der Waals surface area contributed by atoms with Crippen LogP contribution in [0.25, 0.3) is 0 Å². The third-order valence-electron chi connectivity index (χ3n) is 2.38. The van der Waals surface area contributed by atoms with Gasteiger partial charge < -0.3 is 9.47 Å². The van der Waals surface area contributed by atoms with Crippen molar-refractivity contribution < 1.29 is 14.3 Å². The molecule has 0 aromatic carbocycles. The van der Waals surface area contributed by atoms with Crippen molar-refractivity contribution in [3.8, 4) is 0 Å². The van der Waals surface area contributed by atoms with Gasteiger partial charge in [0.2, 0.25) is 0 Å². The molecule has 0 amide bonds. The van der Waals surface area contributed by atoms with Crippen molar-refractivity contribution in [3.05, 3.63) is 0 Å². The molecule has 0 bridgehead atoms. The number of thioether (sulfide) groups is 1. The normalized spacial score (nSPS) is 24.3. The zero-order valence-corrected chi connectivity index (χ0v) is 8.93. The lowest BCUT2D eigenvalue weighted by molar-refractivity contribution is -0.149. The minimum atomic E-state index is -0.130. The number of rotatable bonds is 4. The first-order valence-electron chi connectivity index (χ1n) is 4.44. The number of carbonyl (C=O) groups is 1. The Morgan fingerprint density at radius 3 is 2.85 bits per heavy atom. The second-order valence-corrected chi connectivity index (χ2v) is 4.36. The van der Waals surface area contributed by atoms with Gasteiger partial charge in [-0.05, 0) is 23.8 Å². The molecule has 2 unspecified atom stereocenters. The minimum absolute atomic E-state index is 0.0648. The standard InChI is InChI=1S/C9H16O3S/c1-11-5-8(9(10)12-2)7-3-4-13-6-7/h7-8H,3-6H2,1-2H3. The summed E-state index contributed by atoms with van der Waals surface area (Å²) in [5.41, 5.74) is 0. The van der Waals surface area contributed by atoms with Crippen molar-refractivity contribution in [1.29, 1.82) is 0 Å². The lowest BCUT2D eigenvalue weighted by atomic mass is 9.92. The molecule has 1 saturated heterocycles. The van der Waals surface area contributed by atoms with Crippen LogP contribution in [-0.4, -0.2) is 38.3 Å². The molecule has 2 atom stereocenters. The molecule has 13 heavy (non-hydrogen) atoms. The molecule has 0 aliphatic carbocycles. The average Bonchev–Trinajstić information content (AvgIpc) is 2.65. The van der Waals surface area contributed by atoms with E-state index in [1.54, 1.807) is 7.11 Å². The second kappa shape index (κ2) is 5.50. The summed E-state index contributed by atoms with van der Waals surface area (Å²) in [7, 11) is 3.06. The van der Waals surface area contributed by atoms with Crippen molar-refractivity contribution in [2.45, 2.75) is 6.42 Å². The molecule has 0 spiro atoms. The molecular weight excluding hydrogens is 188 g/mol. The summed E-state index contributed by atoms with van der Waals surface area (Å²) in [5, 5.41) is 0. The summed E-state index contributed by atoms with van der Waals surface area (Å²) in [6, 6.07) is 0. The highest BCUT2D eigenvalue weighted by Crippen LogP contribution is 2.30. The van der Waals surface area contributed by atoms with Crippen LogP contribution in [0.4, 0.5) is 0 Å². The topological polar surface area (TPSA) is 35.5 Å². The summed E-state index contributed by atoms with van der Waals surface area (Å²) in [6.07, 6.45) is 1.10. The zero-order valence-electron chi connectivity index (χ0n) is 8.12. The molecule has 3 nitrogen and oxygen atoms in total. The molecule has 0 aromatic heterocycles. The number of hydrogen-bond donors (Lipinski definition) is 0. The van der Waals surface area contributed by atoms with Gasteiger partial charge in [-0.1, -0.05) is 0 Å². The number of hydrogen-bond acceptors (Lipinski definition) is 4. The number of carbonyl (C=O) groups excluding carboxylic acids is 1. The first-order valence-corrected chi connectivity index (χ1v) is 5.59. The van der Waals surface area contributed by atoms with Gasteiger partial charge in [-0.3, -0.25) is 4.79 Å². The van der Waals surface area contributed by atoms with E-state index in [9.17, 15) is 4.79 Å². The van der Waals surface area contributed by atoms with E-state index in [1.807, 2.05) is 11.8 Å². The second-order valence-electron chi connectivity index (χ2n) is 3.21. The largest absolute Gasteiger partial charge is 0.469 e. The fourth-order valence-electron chi connectivity index (χ4n) is 1.60. The Morgan fingerprint density at radius 1 is 1.62 bits per heavy atom. The lowest BCUT2D eigenvalue weighted by Crippen LogP contribution is -2.29. The Morgan fingerprint density at radius 2 is 2.38 bits per heavy atom. The minimum Gasteiger partial charge on any atom is -0.469 e. The van der Waals surface area contributed by atoms with Gasteiger partial charge in [-0.15, -0.1) is 0 Å². The van der Waals surface area contributed by atoms with E-state index in [0.717, 1.165) is 17.9 Å². The van der Waals surface area contributed by atoms with E-state index in [0.29, 0.717) is 12.5 Å². The molecule has 1 rings (SSSR count). The molecule has 0 aromatic rings. The Hall–Kier alpha value is -0.220. The first kappa shape index (κ1) is 10.9. The van der Waals surface area contributed by atoms with Crippen LogP contribution in [-0.2, 0) is 14.3 Å². The highest BCUT2D eigenvalue weighted by molar-refractivity contribution is 7.99. The Balaban J connectivity index is 2.49. The third-order valence-corrected chi connectivity index (χ3v) is 3.57. The molecule has 0 N–H and O–H groups in total. The quantitative estimate of drug-likeness (QED) is 0.644. The monoisotopic (exact) mass is 204 g/mol. The molecule has 1 heterocycles. The molecule has 1 aliphatic heterocycles. The van der Waals surface area contributed by atoms with Gasteiger partial charge in [0, 0.05) is 7.11 Å². The van der Waals surface area contributed by atoms with Crippen LogP contribution in [0.2, 0.25) is 0 Å². The van der Waals surface area contributed by atoms with Crippen LogP contribution in [0.5, 0.6) is 0 Å². The maximum absolute atomic E-state index is 11.4. The average molecular weight is 204 g/mol. The third kappa shape index (κ3) is 2.88. The first-order chi connectivity index (χ1) is 6.29. The predicted octanol–water partition coefficient (Wildman–Crippen LogP) is 1.18. The lowest BCUT2D eigenvalue weighted by Gasteiger charge is -2.19. The van der Waals surface area contributed by atoms with Gasteiger partial charge in [-0.25, -0.2) is 0 Å². The molecule has 1 fully saturated rings. The van der Waals surface area contributed by atoms with Crippen LogP contribution in [0.15, 0.2) is 0 Å². The van der Waals surface area contributed by atoms with Crippen molar-refractivity contribution in [2.75, 3.05) is 32.3 Å². The van der Waals surface area contributed by atoms with E-state index < -0.39 is 0 Å². The van der Waals surface area contributed by atoms with E-state index in [-0.39, 0.29) is 11.9 Å². The van der Waals surface area contributed by atoms with Gasteiger partial charge >= 0.3 is 5.97 Å². The SMILES string of the molecule is COCC(C(=O)OC)C1CCSC1. The van der Waals surface area contributed by atoms with Crippen molar-refractivity contribution in [3.63, 3.8) is 0 Å². The molecule has 76 valence electrons. The van der Waals surface area contributed by atoms with Gasteiger partial charge in [0.15, 0.2) is 0 Å².